The number of nitrogens with zero attached hydrogens (tertiary/aromatic N) is 3. The van der Waals surface area contributed by atoms with Gasteiger partial charge in [0.25, 0.3) is 0 Å². The van der Waals surface area contributed by atoms with Crippen LogP contribution >= 0.6 is 11.6 Å². The molecule has 0 atom stereocenters. The van der Waals surface area contributed by atoms with E-state index in [-0.39, 0.29) is 11.7 Å². The van der Waals surface area contributed by atoms with E-state index in [1.807, 2.05) is 12.1 Å². The Kier molecular flexibility index (Phi) is 2.72. The number of hydrogen-bond acceptors (Lipinski definition) is 2. The third-order valence-electron chi connectivity index (χ3n) is 2.74. The Morgan fingerprint density at radius 1 is 1.28 bits per heavy atom. The minimum atomic E-state index is -0.316. The van der Waals surface area contributed by atoms with Gasteiger partial charge >= 0.3 is 0 Å². The zero-order valence-electron chi connectivity index (χ0n) is 9.35. The second-order valence-electron chi connectivity index (χ2n) is 3.86. The summed E-state index contributed by atoms with van der Waals surface area (Å²) in [6, 6.07) is 6.75. The molecule has 3 aromatic heterocycles. The number of alkyl halides is 1. The molecule has 0 amide bonds. The second-order valence-corrected chi connectivity index (χ2v) is 4.13. The topological polar surface area (TPSA) is 30.2 Å². The van der Waals surface area contributed by atoms with Gasteiger partial charge in [0, 0.05) is 24.2 Å². The molecule has 0 aliphatic rings. The largest absolute Gasteiger partial charge is 0.299 e. The summed E-state index contributed by atoms with van der Waals surface area (Å²) >= 11 is 5.95. The lowest BCUT2D eigenvalue weighted by atomic mass is 10.2. The molecule has 18 heavy (non-hydrogen) atoms. The highest BCUT2D eigenvalue weighted by molar-refractivity contribution is 6.17. The zero-order valence-corrected chi connectivity index (χ0v) is 10.1. The van der Waals surface area contributed by atoms with E-state index >= 15 is 0 Å². The monoisotopic (exact) mass is 261 g/mol. The van der Waals surface area contributed by atoms with Gasteiger partial charge in [-0.25, -0.2) is 9.37 Å². The summed E-state index contributed by atoms with van der Waals surface area (Å²) in [4.78, 5) is 8.52. The number of rotatable bonds is 2. The van der Waals surface area contributed by atoms with Gasteiger partial charge in [0.05, 0.1) is 17.3 Å². The average molecular weight is 262 g/mol. The van der Waals surface area contributed by atoms with Crippen molar-refractivity contribution in [3.05, 3.63) is 54.4 Å². The number of imidazole rings is 1. The van der Waals surface area contributed by atoms with Gasteiger partial charge < -0.3 is 0 Å². The van der Waals surface area contributed by atoms with E-state index in [0.29, 0.717) is 5.65 Å². The lowest BCUT2D eigenvalue weighted by Crippen LogP contribution is -1.92. The Balaban J connectivity index is 2.30. The quantitative estimate of drug-likeness (QED) is 0.663. The SMILES string of the molecule is Fc1ccc2nc(-c3cccnc3)c(CCl)n2c1. The summed E-state index contributed by atoms with van der Waals surface area (Å²) in [5, 5.41) is 0. The number of hydrogen-bond donors (Lipinski definition) is 0. The van der Waals surface area contributed by atoms with E-state index in [4.69, 9.17) is 11.6 Å². The molecule has 90 valence electrons. The Hall–Kier alpha value is -1.94. The van der Waals surface area contributed by atoms with E-state index in [1.165, 1.54) is 12.3 Å². The van der Waals surface area contributed by atoms with Crippen LogP contribution in [-0.2, 0) is 5.88 Å². The molecule has 0 aliphatic heterocycles. The number of aromatic nitrogens is 3. The Morgan fingerprint density at radius 3 is 2.89 bits per heavy atom. The predicted molar refractivity (Wildman–Crippen MR) is 67.9 cm³/mol. The normalized spacial score (nSPS) is 11.0. The molecule has 0 aromatic carbocycles. The highest BCUT2D eigenvalue weighted by atomic mass is 35.5. The molecular weight excluding hydrogens is 253 g/mol. The van der Waals surface area contributed by atoms with E-state index in [9.17, 15) is 4.39 Å². The van der Waals surface area contributed by atoms with Gasteiger partial charge in [-0.2, -0.15) is 0 Å². The van der Waals surface area contributed by atoms with Crippen LogP contribution < -0.4 is 0 Å². The average Bonchev–Trinajstić information content (AvgIpc) is 2.77. The van der Waals surface area contributed by atoms with Crippen LogP contribution in [0.4, 0.5) is 4.39 Å². The van der Waals surface area contributed by atoms with Gasteiger partial charge in [0.2, 0.25) is 0 Å². The number of halogens is 2. The maximum absolute atomic E-state index is 13.3. The third-order valence-corrected chi connectivity index (χ3v) is 3.00. The van der Waals surface area contributed by atoms with E-state index in [1.54, 1.807) is 22.9 Å². The minimum absolute atomic E-state index is 0.259. The molecular formula is C13H9ClFN3. The summed E-state index contributed by atoms with van der Waals surface area (Å²) in [6.45, 7) is 0. The van der Waals surface area contributed by atoms with Crippen LogP contribution in [0.25, 0.3) is 16.9 Å². The molecule has 0 unspecified atom stereocenters. The van der Waals surface area contributed by atoms with Gasteiger partial charge in [-0.15, -0.1) is 11.6 Å². The van der Waals surface area contributed by atoms with Crippen molar-refractivity contribution in [2.75, 3.05) is 0 Å². The summed E-state index contributed by atoms with van der Waals surface area (Å²) in [7, 11) is 0. The Morgan fingerprint density at radius 2 is 2.17 bits per heavy atom. The van der Waals surface area contributed by atoms with Crippen LogP contribution in [0.5, 0.6) is 0 Å². The summed E-state index contributed by atoms with van der Waals surface area (Å²) < 4.78 is 14.9. The van der Waals surface area contributed by atoms with Crippen molar-refractivity contribution >= 4 is 17.2 Å². The lowest BCUT2D eigenvalue weighted by Gasteiger charge is -2.00. The maximum Gasteiger partial charge on any atom is 0.139 e. The van der Waals surface area contributed by atoms with Gasteiger partial charge in [0.15, 0.2) is 0 Å². The summed E-state index contributed by atoms with van der Waals surface area (Å²) in [5.74, 6) is -0.0570. The number of pyridine rings is 2. The molecule has 3 aromatic rings. The zero-order chi connectivity index (χ0) is 12.5. The molecule has 0 fully saturated rings. The van der Waals surface area contributed by atoms with Crippen molar-refractivity contribution < 1.29 is 4.39 Å². The summed E-state index contributed by atoms with van der Waals surface area (Å²) in [5.41, 5.74) is 3.05. The number of fused-ring (bicyclic) bond motifs is 1. The van der Waals surface area contributed by atoms with Crippen LogP contribution in [0.1, 0.15) is 5.69 Å². The first-order chi connectivity index (χ1) is 8.79. The smallest absolute Gasteiger partial charge is 0.139 e. The van der Waals surface area contributed by atoms with Crippen molar-refractivity contribution in [3.8, 4) is 11.3 Å². The molecule has 5 heteroatoms. The molecule has 0 aliphatic carbocycles. The molecule has 0 radical (unpaired) electrons. The lowest BCUT2D eigenvalue weighted by molar-refractivity contribution is 0.618. The van der Waals surface area contributed by atoms with E-state index in [0.717, 1.165) is 17.0 Å². The molecule has 3 heterocycles. The molecule has 0 bridgehead atoms. The van der Waals surface area contributed by atoms with Crippen molar-refractivity contribution in [1.29, 1.82) is 0 Å². The van der Waals surface area contributed by atoms with Gasteiger partial charge in [-0.1, -0.05) is 0 Å². The standard InChI is InChI=1S/C13H9ClFN3/c14-6-11-13(9-2-1-5-16-7-9)17-12-4-3-10(15)8-18(11)12/h1-5,7-8H,6H2. The van der Waals surface area contributed by atoms with Crippen molar-refractivity contribution in [2.45, 2.75) is 5.88 Å². The molecule has 3 rings (SSSR count). The Bertz CT molecular complexity index is 694. The van der Waals surface area contributed by atoms with Crippen molar-refractivity contribution in [1.82, 2.24) is 14.4 Å². The van der Waals surface area contributed by atoms with Gasteiger partial charge in [-0.3, -0.25) is 9.38 Å². The van der Waals surface area contributed by atoms with Gasteiger partial charge in [0.1, 0.15) is 11.5 Å². The van der Waals surface area contributed by atoms with Crippen LogP contribution in [0.2, 0.25) is 0 Å². The first-order valence-electron chi connectivity index (χ1n) is 5.42. The molecule has 0 saturated carbocycles. The second kappa shape index (κ2) is 4.38. The van der Waals surface area contributed by atoms with Gasteiger partial charge in [-0.05, 0) is 24.3 Å². The molecule has 0 saturated heterocycles. The predicted octanol–water partition coefficient (Wildman–Crippen LogP) is 3.27. The fraction of sp³-hybridized carbons (Fsp3) is 0.0769. The van der Waals surface area contributed by atoms with Crippen LogP contribution in [0.15, 0.2) is 42.9 Å². The van der Waals surface area contributed by atoms with Crippen LogP contribution in [-0.4, -0.2) is 14.4 Å². The highest BCUT2D eigenvalue weighted by Crippen LogP contribution is 2.25. The molecule has 3 nitrogen and oxygen atoms in total. The first kappa shape index (κ1) is 11.2. The van der Waals surface area contributed by atoms with Crippen LogP contribution in [0.3, 0.4) is 0 Å². The maximum atomic E-state index is 13.3. The molecule has 0 spiro atoms. The minimum Gasteiger partial charge on any atom is -0.299 e. The van der Waals surface area contributed by atoms with Crippen molar-refractivity contribution in [3.63, 3.8) is 0 Å². The van der Waals surface area contributed by atoms with E-state index in [2.05, 4.69) is 9.97 Å². The third kappa shape index (κ3) is 1.75. The van der Waals surface area contributed by atoms with E-state index < -0.39 is 0 Å². The van der Waals surface area contributed by atoms with Crippen molar-refractivity contribution in [2.24, 2.45) is 0 Å². The highest BCUT2D eigenvalue weighted by Gasteiger charge is 2.13. The fourth-order valence-corrected chi connectivity index (χ4v) is 2.18. The Labute approximate surface area is 108 Å². The fourth-order valence-electron chi connectivity index (χ4n) is 1.93. The summed E-state index contributed by atoms with van der Waals surface area (Å²) in [6.07, 6.45) is 4.80. The molecule has 0 N–H and O–H groups in total. The first-order valence-corrected chi connectivity index (χ1v) is 5.96. The van der Waals surface area contributed by atoms with Crippen LogP contribution in [0, 0.1) is 5.82 Å².